The first-order valence-electron chi connectivity index (χ1n) is 10.8. The number of hydrogen-bond acceptors (Lipinski definition) is 5. The molecule has 0 bridgehead atoms. The van der Waals surface area contributed by atoms with E-state index >= 15 is 0 Å². The van der Waals surface area contributed by atoms with Gasteiger partial charge in [0.15, 0.2) is 12.5 Å². The second-order valence-electron chi connectivity index (χ2n) is 7.90. The molecule has 0 N–H and O–H groups in total. The van der Waals surface area contributed by atoms with E-state index in [0.29, 0.717) is 32.3 Å². The van der Waals surface area contributed by atoms with E-state index in [9.17, 15) is 9.59 Å². The molecule has 0 aliphatic carbocycles. The van der Waals surface area contributed by atoms with E-state index in [4.69, 9.17) is 14.2 Å². The fourth-order valence-electron chi connectivity index (χ4n) is 3.82. The van der Waals surface area contributed by atoms with Crippen molar-refractivity contribution < 1.29 is 23.8 Å². The first-order valence-corrected chi connectivity index (χ1v) is 10.8. The van der Waals surface area contributed by atoms with Crippen molar-refractivity contribution in [2.24, 2.45) is 0 Å². The van der Waals surface area contributed by atoms with Crippen LogP contribution in [0.2, 0.25) is 0 Å². The molecule has 166 valence electrons. The fraction of sp³-hybridized carbons (Fsp3) is 0.440. The quantitative estimate of drug-likeness (QED) is 0.546. The van der Waals surface area contributed by atoms with Crippen LogP contribution in [0.15, 0.2) is 54.6 Å². The van der Waals surface area contributed by atoms with E-state index in [1.54, 1.807) is 4.90 Å². The smallest absolute Gasteiger partial charge is 0.254 e. The summed E-state index contributed by atoms with van der Waals surface area (Å²) in [6, 6.07) is 17.3. The van der Waals surface area contributed by atoms with Crippen LogP contribution in [0.1, 0.15) is 31.9 Å². The zero-order valence-electron chi connectivity index (χ0n) is 18.4. The van der Waals surface area contributed by atoms with Gasteiger partial charge in [0.25, 0.3) is 5.91 Å². The Hall–Kier alpha value is -2.70. The van der Waals surface area contributed by atoms with Crippen LogP contribution in [0.3, 0.4) is 0 Å². The fourth-order valence-corrected chi connectivity index (χ4v) is 3.82. The number of nitrogens with zero attached hydrogens (tertiary/aromatic N) is 1. The highest BCUT2D eigenvalue weighted by molar-refractivity contribution is 5.84. The zero-order valence-corrected chi connectivity index (χ0v) is 18.4. The van der Waals surface area contributed by atoms with Crippen LogP contribution in [-0.4, -0.2) is 54.8 Å². The molecule has 2 aromatic carbocycles. The maximum absolute atomic E-state index is 13.6. The lowest BCUT2D eigenvalue weighted by atomic mass is 10.0. The number of rotatable bonds is 10. The Morgan fingerprint density at radius 3 is 2.45 bits per heavy atom. The van der Waals surface area contributed by atoms with Crippen molar-refractivity contribution in [1.29, 1.82) is 0 Å². The second-order valence-corrected chi connectivity index (χ2v) is 7.90. The predicted octanol–water partition coefficient (Wildman–Crippen LogP) is 3.42. The Labute approximate surface area is 184 Å². The average Bonchev–Trinajstić information content (AvgIpc) is 3.17. The molecular weight excluding hydrogens is 394 g/mol. The summed E-state index contributed by atoms with van der Waals surface area (Å²) in [5.74, 6) is 0.564. The van der Waals surface area contributed by atoms with Gasteiger partial charge in [-0.25, -0.2) is 0 Å². The highest BCUT2D eigenvalue weighted by Crippen LogP contribution is 2.24. The zero-order chi connectivity index (χ0) is 22.2. The van der Waals surface area contributed by atoms with E-state index < -0.39 is 12.3 Å². The second kappa shape index (κ2) is 11.1. The van der Waals surface area contributed by atoms with Gasteiger partial charge in [-0.15, -0.1) is 0 Å². The number of carbonyl (C=O) groups excluding carboxylic acids is 2. The number of hydrogen-bond donors (Lipinski definition) is 0. The molecule has 1 aliphatic heterocycles. The molecule has 0 spiro atoms. The molecule has 1 aliphatic rings. The number of carbonyl (C=O) groups is 2. The summed E-state index contributed by atoms with van der Waals surface area (Å²) in [7, 11) is 0. The van der Waals surface area contributed by atoms with Crippen LogP contribution in [-0.2, 0) is 31.9 Å². The van der Waals surface area contributed by atoms with Crippen molar-refractivity contribution >= 4 is 12.2 Å². The minimum Gasteiger partial charge on any atom is -0.494 e. The van der Waals surface area contributed by atoms with Gasteiger partial charge in [-0.1, -0.05) is 42.5 Å². The van der Waals surface area contributed by atoms with Gasteiger partial charge in [-0.2, -0.15) is 0 Å². The lowest BCUT2D eigenvalue weighted by molar-refractivity contribution is -0.155. The third kappa shape index (κ3) is 6.15. The summed E-state index contributed by atoms with van der Waals surface area (Å²) in [6.07, 6.45) is -0.0213. The Bertz CT molecular complexity index is 837. The van der Waals surface area contributed by atoms with Gasteiger partial charge in [0.2, 0.25) is 0 Å². The Morgan fingerprint density at radius 2 is 1.84 bits per heavy atom. The Morgan fingerprint density at radius 1 is 1.13 bits per heavy atom. The van der Waals surface area contributed by atoms with E-state index in [0.717, 1.165) is 16.9 Å². The topological polar surface area (TPSA) is 65.1 Å². The lowest BCUT2D eigenvalue weighted by Crippen LogP contribution is -2.50. The standard InChI is InChI=1S/C25H31NO5/c1-4-29-22-12-10-20(11-13-22)15-23(31-18(2)3)25(28)26-21(17-30-24(26)16-27)14-19-8-6-5-7-9-19/h5-13,16,18,21,23-24H,4,14-15,17H2,1-3H3/t21-,23-,24?/m0/s1. The molecule has 6 heteroatoms. The third-order valence-electron chi connectivity index (χ3n) is 5.18. The number of amides is 1. The van der Waals surface area contributed by atoms with Crippen molar-refractivity contribution in [3.63, 3.8) is 0 Å². The maximum Gasteiger partial charge on any atom is 0.254 e. The molecule has 1 heterocycles. The Balaban J connectivity index is 1.79. The van der Waals surface area contributed by atoms with Crippen LogP contribution in [0.4, 0.5) is 0 Å². The van der Waals surface area contributed by atoms with Crippen molar-refractivity contribution in [2.75, 3.05) is 13.2 Å². The number of benzene rings is 2. The van der Waals surface area contributed by atoms with E-state index in [2.05, 4.69) is 0 Å². The molecule has 1 saturated heterocycles. The van der Waals surface area contributed by atoms with E-state index in [-0.39, 0.29) is 18.1 Å². The van der Waals surface area contributed by atoms with Gasteiger partial charge in [-0.3, -0.25) is 9.59 Å². The van der Waals surface area contributed by atoms with Gasteiger partial charge < -0.3 is 19.1 Å². The molecule has 0 radical (unpaired) electrons. The van der Waals surface area contributed by atoms with Gasteiger partial charge in [0.05, 0.1) is 25.4 Å². The highest BCUT2D eigenvalue weighted by Gasteiger charge is 2.41. The molecule has 3 rings (SSSR count). The van der Waals surface area contributed by atoms with Gasteiger partial charge in [-0.05, 0) is 50.5 Å². The molecule has 1 fully saturated rings. The third-order valence-corrected chi connectivity index (χ3v) is 5.18. The molecule has 3 atom stereocenters. The van der Waals surface area contributed by atoms with Crippen molar-refractivity contribution in [3.8, 4) is 5.75 Å². The number of aldehydes is 1. The van der Waals surface area contributed by atoms with Crippen LogP contribution in [0.5, 0.6) is 5.75 Å². The molecule has 0 saturated carbocycles. The summed E-state index contributed by atoms with van der Waals surface area (Å²) in [5, 5.41) is 0. The molecule has 0 aromatic heterocycles. The van der Waals surface area contributed by atoms with E-state index in [1.165, 1.54) is 0 Å². The monoisotopic (exact) mass is 425 g/mol. The molecular formula is C25H31NO5. The summed E-state index contributed by atoms with van der Waals surface area (Å²) in [5.41, 5.74) is 2.05. The molecule has 1 amide bonds. The van der Waals surface area contributed by atoms with Crippen molar-refractivity contribution in [2.45, 2.75) is 58.1 Å². The largest absolute Gasteiger partial charge is 0.494 e. The SMILES string of the molecule is CCOc1ccc(C[C@H](OC(C)C)C(=O)N2C(C=O)OC[C@@H]2Cc2ccccc2)cc1. The molecule has 2 aromatic rings. The van der Waals surface area contributed by atoms with Crippen molar-refractivity contribution in [3.05, 3.63) is 65.7 Å². The van der Waals surface area contributed by atoms with Crippen molar-refractivity contribution in [1.82, 2.24) is 4.90 Å². The van der Waals surface area contributed by atoms with Crippen LogP contribution in [0, 0.1) is 0 Å². The first kappa shape index (κ1) is 23.0. The average molecular weight is 426 g/mol. The van der Waals surface area contributed by atoms with Gasteiger partial charge in [0.1, 0.15) is 11.9 Å². The first-order chi connectivity index (χ1) is 15.0. The molecule has 1 unspecified atom stereocenters. The Kier molecular flexibility index (Phi) is 8.20. The van der Waals surface area contributed by atoms with Gasteiger partial charge >= 0.3 is 0 Å². The minimum absolute atomic E-state index is 0.137. The number of ether oxygens (including phenoxy) is 3. The lowest BCUT2D eigenvalue weighted by Gasteiger charge is -2.30. The minimum atomic E-state index is -0.889. The summed E-state index contributed by atoms with van der Waals surface area (Å²) in [6.45, 7) is 6.66. The normalized spacial score (nSPS) is 19.4. The predicted molar refractivity (Wildman–Crippen MR) is 118 cm³/mol. The summed E-state index contributed by atoms with van der Waals surface area (Å²) < 4.78 is 17.1. The van der Waals surface area contributed by atoms with Gasteiger partial charge in [0, 0.05) is 6.42 Å². The maximum atomic E-state index is 13.6. The summed E-state index contributed by atoms with van der Waals surface area (Å²) >= 11 is 0. The molecule has 31 heavy (non-hydrogen) atoms. The van der Waals surface area contributed by atoms with Crippen LogP contribution < -0.4 is 4.74 Å². The molecule has 6 nitrogen and oxygen atoms in total. The highest BCUT2D eigenvalue weighted by atomic mass is 16.5. The van der Waals surface area contributed by atoms with Crippen LogP contribution in [0.25, 0.3) is 0 Å². The van der Waals surface area contributed by atoms with E-state index in [1.807, 2.05) is 75.4 Å². The van der Waals surface area contributed by atoms with Crippen LogP contribution >= 0.6 is 0 Å². The summed E-state index contributed by atoms with van der Waals surface area (Å²) in [4.78, 5) is 26.8.